The van der Waals surface area contributed by atoms with Crippen LogP contribution in [0.3, 0.4) is 0 Å². The first-order valence-electron chi connectivity index (χ1n) is 6.86. The van der Waals surface area contributed by atoms with E-state index in [9.17, 15) is 4.79 Å². The Morgan fingerprint density at radius 3 is 2.32 bits per heavy atom. The molecule has 0 atom stereocenters. The van der Waals surface area contributed by atoms with Crippen molar-refractivity contribution in [2.45, 2.75) is 40.0 Å². The summed E-state index contributed by atoms with van der Waals surface area (Å²) >= 11 is 0. The fourth-order valence-electron chi connectivity index (χ4n) is 2.40. The molecule has 106 valence electrons. The van der Waals surface area contributed by atoms with Crippen molar-refractivity contribution in [3.63, 3.8) is 0 Å². The maximum absolute atomic E-state index is 10.8. The van der Waals surface area contributed by atoms with E-state index in [1.54, 1.807) is 0 Å². The number of carbonyl (C=O) groups is 1. The lowest BCUT2D eigenvalue weighted by Crippen LogP contribution is -2.33. The first-order valence-corrected chi connectivity index (χ1v) is 6.86. The predicted octanol–water partition coefficient (Wildman–Crippen LogP) is 3.58. The van der Waals surface area contributed by atoms with E-state index >= 15 is 0 Å². The lowest BCUT2D eigenvalue weighted by Gasteiger charge is -2.30. The molecule has 0 aliphatic carbocycles. The van der Waals surface area contributed by atoms with Crippen LogP contribution in [-0.4, -0.2) is 24.7 Å². The Balaban J connectivity index is 2.66. The van der Waals surface area contributed by atoms with Gasteiger partial charge in [-0.25, -0.2) is 0 Å². The van der Waals surface area contributed by atoms with E-state index < -0.39 is 5.97 Å². The SMILES string of the molecule is CCCc1ccc(N(C)CC(C)(C)CC(=O)O)cc1. The number of benzene rings is 1. The topological polar surface area (TPSA) is 40.5 Å². The number of hydrogen-bond acceptors (Lipinski definition) is 2. The van der Waals surface area contributed by atoms with Gasteiger partial charge in [-0.05, 0) is 29.5 Å². The average molecular weight is 263 g/mol. The van der Waals surface area contributed by atoms with Gasteiger partial charge in [-0.15, -0.1) is 0 Å². The Morgan fingerprint density at radius 2 is 1.84 bits per heavy atom. The zero-order valence-electron chi connectivity index (χ0n) is 12.4. The summed E-state index contributed by atoms with van der Waals surface area (Å²) in [6.07, 6.45) is 2.45. The highest BCUT2D eigenvalue weighted by molar-refractivity contribution is 5.67. The van der Waals surface area contributed by atoms with Crippen LogP contribution in [0.5, 0.6) is 0 Å². The molecule has 3 heteroatoms. The molecule has 0 aliphatic rings. The molecule has 3 nitrogen and oxygen atoms in total. The van der Waals surface area contributed by atoms with E-state index in [0.29, 0.717) is 0 Å². The second kappa shape index (κ2) is 6.60. The summed E-state index contributed by atoms with van der Waals surface area (Å²) in [5.41, 5.74) is 2.26. The number of hydrogen-bond donors (Lipinski definition) is 1. The average Bonchev–Trinajstić information content (AvgIpc) is 2.27. The smallest absolute Gasteiger partial charge is 0.303 e. The molecule has 0 unspecified atom stereocenters. The molecular weight excluding hydrogens is 238 g/mol. The lowest BCUT2D eigenvalue weighted by molar-refractivity contribution is -0.139. The lowest BCUT2D eigenvalue weighted by atomic mass is 9.88. The first kappa shape index (κ1) is 15.5. The minimum atomic E-state index is -0.739. The molecule has 1 aromatic rings. The highest BCUT2D eigenvalue weighted by Gasteiger charge is 2.23. The van der Waals surface area contributed by atoms with E-state index in [4.69, 9.17) is 5.11 Å². The molecule has 0 aliphatic heterocycles. The molecule has 0 heterocycles. The Kier molecular flexibility index (Phi) is 5.40. The minimum absolute atomic E-state index is 0.186. The fraction of sp³-hybridized carbons (Fsp3) is 0.562. The Hall–Kier alpha value is -1.51. The van der Waals surface area contributed by atoms with Crippen LogP contribution < -0.4 is 4.90 Å². The molecule has 1 aromatic carbocycles. The molecule has 0 aromatic heterocycles. The molecular formula is C16H25NO2. The molecule has 0 saturated heterocycles. The van der Waals surface area contributed by atoms with Gasteiger partial charge in [0.25, 0.3) is 0 Å². The van der Waals surface area contributed by atoms with Gasteiger partial charge in [0.2, 0.25) is 0 Å². The van der Waals surface area contributed by atoms with Crippen LogP contribution in [0.2, 0.25) is 0 Å². The molecule has 0 radical (unpaired) electrons. The van der Waals surface area contributed by atoms with Gasteiger partial charge in [0.05, 0.1) is 6.42 Å². The van der Waals surface area contributed by atoms with Crippen molar-refractivity contribution >= 4 is 11.7 Å². The summed E-state index contributed by atoms with van der Waals surface area (Å²) in [6.45, 7) is 6.88. The van der Waals surface area contributed by atoms with Crippen molar-refractivity contribution in [2.24, 2.45) is 5.41 Å². The third kappa shape index (κ3) is 5.33. The van der Waals surface area contributed by atoms with Crippen LogP contribution in [-0.2, 0) is 11.2 Å². The maximum atomic E-state index is 10.8. The molecule has 1 rings (SSSR count). The van der Waals surface area contributed by atoms with Gasteiger partial charge in [0.1, 0.15) is 0 Å². The summed E-state index contributed by atoms with van der Waals surface area (Å²) in [6, 6.07) is 8.53. The zero-order chi connectivity index (χ0) is 14.5. The molecule has 19 heavy (non-hydrogen) atoms. The number of aliphatic carboxylic acids is 1. The standard InChI is InChI=1S/C16H25NO2/c1-5-6-13-7-9-14(10-8-13)17(4)12-16(2,3)11-15(18)19/h7-10H,5-6,11-12H2,1-4H3,(H,18,19). The van der Waals surface area contributed by atoms with Crippen LogP contribution in [0, 0.1) is 5.41 Å². The van der Waals surface area contributed by atoms with Crippen molar-refractivity contribution in [3.8, 4) is 0 Å². The third-order valence-corrected chi connectivity index (χ3v) is 3.21. The van der Waals surface area contributed by atoms with E-state index in [2.05, 4.69) is 36.1 Å². The van der Waals surface area contributed by atoms with Crippen molar-refractivity contribution in [1.29, 1.82) is 0 Å². The van der Waals surface area contributed by atoms with Gasteiger partial charge in [-0.1, -0.05) is 39.3 Å². The normalized spacial score (nSPS) is 11.4. The van der Waals surface area contributed by atoms with Crippen LogP contribution in [0.1, 0.15) is 39.2 Å². The first-order chi connectivity index (χ1) is 8.84. The maximum Gasteiger partial charge on any atom is 0.303 e. The predicted molar refractivity (Wildman–Crippen MR) is 79.7 cm³/mol. The van der Waals surface area contributed by atoms with Crippen LogP contribution >= 0.6 is 0 Å². The van der Waals surface area contributed by atoms with Gasteiger partial charge in [-0.2, -0.15) is 0 Å². The van der Waals surface area contributed by atoms with E-state index in [0.717, 1.165) is 25.1 Å². The molecule has 0 bridgehead atoms. The minimum Gasteiger partial charge on any atom is -0.481 e. The van der Waals surface area contributed by atoms with Crippen LogP contribution in [0.25, 0.3) is 0 Å². The van der Waals surface area contributed by atoms with Gasteiger partial charge < -0.3 is 10.0 Å². The van der Waals surface area contributed by atoms with E-state index in [1.165, 1.54) is 5.56 Å². The van der Waals surface area contributed by atoms with Crippen molar-refractivity contribution in [3.05, 3.63) is 29.8 Å². The Bertz CT molecular complexity index is 409. The molecule has 0 fully saturated rings. The summed E-state index contributed by atoms with van der Waals surface area (Å²) in [5, 5.41) is 8.91. The number of carboxylic acid groups (broad SMARTS) is 1. The van der Waals surface area contributed by atoms with E-state index in [-0.39, 0.29) is 11.8 Å². The summed E-state index contributed by atoms with van der Waals surface area (Å²) in [4.78, 5) is 13.0. The summed E-state index contributed by atoms with van der Waals surface area (Å²) in [5.74, 6) is -0.739. The number of nitrogens with zero attached hydrogens (tertiary/aromatic N) is 1. The van der Waals surface area contributed by atoms with Gasteiger partial charge in [0, 0.05) is 19.3 Å². The molecule has 0 spiro atoms. The third-order valence-electron chi connectivity index (χ3n) is 3.21. The number of aryl methyl sites for hydroxylation is 1. The summed E-state index contributed by atoms with van der Waals surface area (Å²) < 4.78 is 0. The highest BCUT2D eigenvalue weighted by Crippen LogP contribution is 2.24. The quantitative estimate of drug-likeness (QED) is 0.817. The van der Waals surface area contributed by atoms with Crippen molar-refractivity contribution in [2.75, 3.05) is 18.5 Å². The number of rotatable bonds is 7. The van der Waals surface area contributed by atoms with Crippen molar-refractivity contribution in [1.82, 2.24) is 0 Å². The second-order valence-electron chi connectivity index (χ2n) is 6.01. The van der Waals surface area contributed by atoms with Gasteiger partial charge in [-0.3, -0.25) is 4.79 Å². The van der Waals surface area contributed by atoms with Gasteiger partial charge in [0.15, 0.2) is 0 Å². The Morgan fingerprint density at radius 1 is 1.26 bits per heavy atom. The monoisotopic (exact) mass is 263 g/mol. The van der Waals surface area contributed by atoms with Crippen LogP contribution in [0.4, 0.5) is 5.69 Å². The molecule has 0 amide bonds. The highest BCUT2D eigenvalue weighted by atomic mass is 16.4. The largest absolute Gasteiger partial charge is 0.481 e. The van der Waals surface area contributed by atoms with Crippen molar-refractivity contribution < 1.29 is 9.90 Å². The summed E-state index contributed by atoms with van der Waals surface area (Å²) in [7, 11) is 2.01. The second-order valence-corrected chi connectivity index (χ2v) is 6.01. The molecule has 1 N–H and O–H groups in total. The van der Waals surface area contributed by atoms with Gasteiger partial charge >= 0.3 is 5.97 Å². The van der Waals surface area contributed by atoms with Crippen LogP contribution in [0.15, 0.2) is 24.3 Å². The van der Waals surface area contributed by atoms with E-state index in [1.807, 2.05) is 20.9 Å². The zero-order valence-corrected chi connectivity index (χ0v) is 12.4. The Labute approximate surface area is 116 Å². The molecule has 0 saturated carbocycles. The number of anilines is 1. The fourth-order valence-corrected chi connectivity index (χ4v) is 2.40. The number of carboxylic acids is 1.